The number of aromatic amines is 6. The van der Waals surface area contributed by atoms with Crippen molar-refractivity contribution < 1.29 is 9.15 Å². The lowest BCUT2D eigenvalue weighted by molar-refractivity contribution is 0.415. The molecule has 19 rings (SSSR count). The number of aromatic nitrogens is 21. The number of aryl methyl sites for hydroxylation is 7. The van der Waals surface area contributed by atoms with Crippen LogP contribution in [0.25, 0.3) is 110 Å². The fourth-order valence-electron chi connectivity index (χ4n) is 12.4. The number of anilines is 6. The van der Waals surface area contributed by atoms with Crippen molar-refractivity contribution in [1.82, 2.24) is 106 Å². The number of furan rings is 1. The molecule has 9 N–H and O–H groups in total. The molecule has 15 aromatic heterocycles. The van der Waals surface area contributed by atoms with E-state index in [1.54, 1.807) is 67.7 Å². The first-order valence-electron chi connectivity index (χ1n) is 34.7. The van der Waals surface area contributed by atoms with E-state index in [0.29, 0.717) is 11.4 Å². The molecular formula is C82H72ClN25O2. The zero-order valence-electron chi connectivity index (χ0n) is 60.9. The molecule has 0 fully saturated rings. The normalized spacial score (nSPS) is 10.8. The highest BCUT2D eigenvalue weighted by Gasteiger charge is 2.17. The molecule has 0 saturated heterocycles. The predicted octanol–water partition coefficient (Wildman–Crippen LogP) is 17.9. The molecule has 15 heterocycles. The van der Waals surface area contributed by atoms with Crippen LogP contribution in [-0.2, 0) is 13.5 Å². The fourth-order valence-corrected chi connectivity index (χ4v) is 12.6. The molecule has 0 spiro atoms. The highest BCUT2D eigenvalue weighted by Crippen LogP contribution is 2.34. The van der Waals surface area contributed by atoms with Crippen molar-refractivity contribution in [2.75, 3.05) is 23.1 Å². The SMILES string of the molecule is COc1cccc(-c2nccc3n[nH]c(C)c23)c1.Cc1[nH]nc2ccnc(-c3ccccc3)c12.Cc1[nH]nc2ccnc(-c3ccoc3)c12.Cc1[nH]nc2ccnc(Nc3cccc(Cl)c3)c12.Cc1[nH]nc2ccnc(Nc3ccn(C)n3)c12.Cc1[nH]nc2ccnc(Nc3cncc(-c4ccc(CC#N)cc4)c3)c12. The molecule has 0 aliphatic carbocycles. The summed E-state index contributed by atoms with van der Waals surface area (Å²) in [6.07, 6.45) is 19.7. The molecule has 544 valence electrons. The van der Waals surface area contributed by atoms with E-state index in [9.17, 15) is 0 Å². The second-order valence-electron chi connectivity index (χ2n) is 25.3. The number of hydrogen-bond acceptors (Lipinski definition) is 20. The Morgan fingerprint density at radius 3 is 1.38 bits per heavy atom. The average Bonchev–Trinajstić information content (AvgIpc) is 1.67. The number of rotatable bonds is 12. The van der Waals surface area contributed by atoms with Crippen molar-refractivity contribution in [1.29, 1.82) is 5.26 Å². The number of nitrogens with zero attached hydrogens (tertiary/aromatic N) is 16. The molecule has 0 bridgehead atoms. The van der Waals surface area contributed by atoms with Gasteiger partial charge in [0, 0.05) is 146 Å². The number of nitrogens with one attached hydrogen (secondary N) is 9. The Hall–Kier alpha value is -14.8. The van der Waals surface area contributed by atoms with Crippen LogP contribution >= 0.6 is 11.6 Å². The van der Waals surface area contributed by atoms with Gasteiger partial charge in [0.05, 0.1) is 110 Å². The van der Waals surface area contributed by atoms with Gasteiger partial charge in [-0.2, -0.15) is 41.0 Å². The minimum atomic E-state index is 0.417. The van der Waals surface area contributed by atoms with E-state index in [1.807, 2.05) is 207 Å². The minimum Gasteiger partial charge on any atom is -0.497 e. The lowest BCUT2D eigenvalue weighted by Gasteiger charge is -2.09. The lowest BCUT2D eigenvalue weighted by atomic mass is 10.0. The Bertz CT molecular complexity index is 6390. The molecule has 0 radical (unpaired) electrons. The number of pyridine rings is 7. The number of hydrogen-bond donors (Lipinski definition) is 9. The summed E-state index contributed by atoms with van der Waals surface area (Å²) in [6, 6.07) is 52.9. The third-order valence-electron chi connectivity index (χ3n) is 17.7. The summed E-state index contributed by atoms with van der Waals surface area (Å²) in [5.41, 5.74) is 22.3. The number of fused-ring (bicyclic) bond motifs is 6. The number of ether oxygens (including phenoxy) is 1. The van der Waals surface area contributed by atoms with Gasteiger partial charge in [-0.3, -0.25) is 55.2 Å². The van der Waals surface area contributed by atoms with Crippen molar-refractivity contribution >= 4 is 112 Å². The molecule has 0 aliphatic heterocycles. The van der Waals surface area contributed by atoms with Gasteiger partial charge < -0.3 is 25.1 Å². The van der Waals surface area contributed by atoms with Gasteiger partial charge in [-0.15, -0.1) is 0 Å². The third-order valence-corrected chi connectivity index (χ3v) is 17.9. The summed E-state index contributed by atoms with van der Waals surface area (Å²) >= 11 is 5.96. The summed E-state index contributed by atoms with van der Waals surface area (Å²) in [4.78, 5) is 30.7. The third kappa shape index (κ3) is 16.3. The van der Waals surface area contributed by atoms with Crippen LogP contribution in [0, 0.1) is 52.9 Å². The maximum absolute atomic E-state index is 8.78. The average molecular weight is 1480 g/mol. The van der Waals surface area contributed by atoms with E-state index in [2.05, 4.69) is 135 Å². The first-order chi connectivity index (χ1) is 53.7. The Labute approximate surface area is 634 Å². The highest BCUT2D eigenvalue weighted by atomic mass is 35.5. The quantitative estimate of drug-likeness (QED) is 0.0548. The molecule has 4 aromatic carbocycles. The van der Waals surface area contributed by atoms with Crippen molar-refractivity contribution in [3.05, 3.63) is 271 Å². The maximum atomic E-state index is 8.78. The van der Waals surface area contributed by atoms with Crippen molar-refractivity contribution in [2.24, 2.45) is 7.05 Å². The number of H-pyrrole nitrogens is 6. The van der Waals surface area contributed by atoms with E-state index in [-0.39, 0.29) is 0 Å². The predicted molar refractivity (Wildman–Crippen MR) is 430 cm³/mol. The van der Waals surface area contributed by atoms with Crippen LogP contribution in [0.4, 0.5) is 34.6 Å². The van der Waals surface area contributed by atoms with Crippen LogP contribution in [0.1, 0.15) is 39.7 Å². The largest absolute Gasteiger partial charge is 0.497 e. The van der Waals surface area contributed by atoms with Crippen LogP contribution in [0.2, 0.25) is 5.02 Å². The van der Waals surface area contributed by atoms with E-state index in [0.717, 1.165) is 190 Å². The smallest absolute Gasteiger partial charge is 0.153 e. The minimum absolute atomic E-state index is 0.417. The molecule has 19 aromatic rings. The van der Waals surface area contributed by atoms with Crippen LogP contribution in [0.15, 0.2) is 230 Å². The summed E-state index contributed by atoms with van der Waals surface area (Å²) in [5.74, 6) is 3.89. The topological polar surface area (TPSA) is 362 Å². The summed E-state index contributed by atoms with van der Waals surface area (Å²) in [6.45, 7) is 11.9. The summed E-state index contributed by atoms with van der Waals surface area (Å²) in [7, 11) is 3.54. The van der Waals surface area contributed by atoms with E-state index >= 15 is 0 Å². The van der Waals surface area contributed by atoms with Gasteiger partial charge in [-0.1, -0.05) is 84.4 Å². The van der Waals surface area contributed by atoms with Gasteiger partial charge in [0.1, 0.15) is 23.2 Å². The number of nitriles is 1. The van der Waals surface area contributed by atoms with E-state index < -0.39 is 0 Å². The molecule has 0 atom stereocenters. The van der Waals surface area contributed by atoms with Crippen molar-refractivity contribution in [3.63, 3.8) is 0 Å². The van der Waals surface area contributed by atoms with Crippen LogP contribution in [-0.4, -0.2) is 113 Å². The molecule has 0 unspecified atom stereocenters. The Balaban J connectivity index is 0.000000111. The second kappa shape index (κ2) is 33.1. The van der Waals surface area contributed by atoms with Gasteiger partial charge in [-0.25, -0.2) is 15.0 Å². The highest BCUT2D eigenvalue weighted by molar-refractivity contribution is 6.30. The van der Waals surface area contributed by atoms with Crippen LogP contribution < -0.4 is 20.7 Å². The van der Waals surface area contributed by atoms with Crippen molar-refractivity contribution in [2.45, 2.75) is 48.0 Å². The molecule has 28 heteroatoms. The van der Waals surface area contributed by atoms with Gasteiger partial charge in [0.2, 0.25) is 0 Å². The van der Waals surface area contributed by atoms with E-state index in [4.69, 9.17) is 26.0 Å². The Kier molecular flexibility index (Phi) is 21.7. The zero-order chi connectivity index (χ0) is 76.0. The Morgan fingerprint density at radius 1 is 0.436 bits per heavy atom. The first kappa shape index (κ1) is 72.2. The van der Waals surface area contributed by atoms with Crippen molar-refractivity contribution in [3.8, 4) is 56.7 Å². The molecule has 110 heavy (non-hydrogen) atoms. The second-order valence-corrected chi connectivity index (χ2v) is 25.7. The fraction of sp³-hybridized carbons (Fsp3) is 0.110. The molecule has 27 nitrogen and oxygen atoms in total. The molecule has 0 amide bonds. The van der Waals surface area contributed by atoms with E-state index in [1.165, 1.54) is 0 Å². The van der Waals surface area contributed by atoms with Gasteiger partial charge in [-0.05, 0) is 132 Å². The molecule has 0 saturated carbocycles. The maximum Gasteiger partial charge on any atom is 0.153 e. The number of benzene rings is 4. The standard InChI is InChI=1S/C20H16N6.C14H13N3O.C13H11ClN4.C13H11N3.C11H12N6.C11H9N3O/c1-13-19-18(26-25-13)7-9-23-20(19)24-17-10-16(11-22-12-17)15-4-2-14(3-5-15)6-8-21;1-9-13-12(17-16-9)6-7-15-14(13)10-4-3-5-11(8-10)18-2;1-8-12-11(18-17-8)5-6-15-13(12)16-10-4-2-3-9(14)7-10;1-9-12-11(16-15-9)7-8-14-13(12)10-5-3-2-4-6-10;1-7-10-8(15-14-7)3-5-12-11(10)13-9-4-6-17(2)16-9;1-7-10-9(14-13-7)2-4-12-11(10)8-3-5-15-6-8/h2-5,7,9-12H,6H2,1H3,(H,23,24)(H,25,26);3-8H,1-2H3,(H,16,17);2-7H,1H3,(H,15,16)(H,17,18);2-8H,1H3,(H,15,16);3-6H,1-2H3,(H,14,15)(H,12,13,16);2-6H,1H3,(H,13,14). The summed E-state index contributed by atoms with van der Waals surface area (Å²) < 4.78 is 12.1. The molecule has 0 aliphatic rings. The lowest BCUT2D eigenvalue weighted by Crippen LogP contribution is -1.96. The van der Waals surface area contributed by atoms with Crippen LogP contribution in [0.3, 0.4) is 0 Å². The molecular weight excluding hydrogens is 1400 g/mol. The number of halogens is 1. The zero-order valence-corrected chi connectivity index (χ0v) is 61.7. The number of methoxy groups -OCH3 is 1. The van der Waals surface area contributed by atoms with Crippen LogP contribution in [0.5, 0.6) is 5.75 Å². The van der Waals surface area contributed by atoms with Gasteiger partial charge in [0.15, 0.2) is 5.82 Å². The summed E-state index contributed by atoms with van der Waals surface area (Å²) in [5, 5.41) is 72.9. The van der Waals surface area contributed by atoms with Gasteiger partial charge >= 0.3 is 0 Å². The first-order valence-corrected chi connectivity index (χ1v) is 35.1. The van der Waals surface area contributed by atoms with Gasteiger partial charge in [0.25, 0.3) is 0 Å². The Morgan fingerprint density at radius 2 is 0.900 bits per heavy atom. The monoisotopic (exact) mass is 1470 g/mol.